The average molecular weight is 373 g/mol. The molecule has 0 saturated heterocycles. The van der Waals surface area contributed by atoms with Crippen molar-refractivity contribution in [3.8, 4) is 5.75 Å². The van der Waals surface area contributed by atoms with Crippen LogP contribution in [0.5, 0.6) is 5.75 Å². The maximum Gasteiger partial charge on any atom is 0.251 e. The van der Waals surface area contributed by atoms with E-state index in [0.717, 1.165) is 29.0 Å². The maximum absolute atomic E-state index is 12.7. The van der Waals surface area contributed by atoms with Crippen LogP contribution in [0.4, 0.5) is 5.69 Å². The number of amides is 1. The lowest BCUT2D eigenvalue weighted by Crippen LogP contribution is -2.24. The minimum Gasteiger partial charge on any atom is -0.507 e. The van der Waals surface area contributed by atoms with Crippen LogP contribution in [-0.2, 0) is 6.54 Å². The Morgan fingerprint density at radius 2 is 2.08 bits per heavy atom. The van der Waals surface area contributed by atoms with Gasteiger partial charge in [-0.05, 0) is 44.5 Å². The van der Waals surface area contributed by atoms with Crippen molar-refractivity contribution in [3.63, 3.8) is 0 Å². The van der Waals surface area contributed by atoms with Crippen LogP contribution in [0.15, 0.2) is 30.5 Å². The first kappa shape index (κ1) is 18.1. The highest BCUT2D eigenvalue weighted by atomic mass is 35.5. The number of fused-ring (bicyclic) bond motifs is 1. The molecular weight excluding hydrogens is 352 g/mol. The average Bonchev–Trinajstić information content (AvgIpc) is 3.07. The zero-order valence-corrected chi connectivity index (χ0v) is 15.7. The number of benzene rings is 1. The van der Waals surface area contributed by atoms with Gasteiger partial charge in [0.15, 0.2) is 0 Å². The molecule has 3 N–H and O–H groups in total. The van der Waals surface area contributed by atoms with Crippen molar-refractivity contribution >= 4 is 28.7 Å². The zero-order valence-electron chi connectivity index (χ0n) is 14.9. The van der Waals surface area contributed by atoms with Crippen molar-refractivity contribution in [2.24, 2.45) is 0 Å². The lowest BCUT2D eigenvalue weighted by molar-refractivity contribution is 0.0950. The van der Waals surface area contributed by atoms with Gasteiger partial charge < -0.3 is 15.7 Å². The van der Waals surface area contributed by atoms with Gasteiger partial charge in [-0.1, -0.05) is 11.6 Å². The second-order valence-corrected chi connectivity index (χ2v) is 6.55. The lowest BCUT2D eigenvalue weighted by Gasteiger charge is -2.14. The normalized spacial score (nSPS) is 10.9. The number of hydrogen-bond acceptors (Lipinski definition) is 4. The SMILES string of the molecule is CCNc1cc(Cl)cc(C(=O)NCc2c(O)cc(C)n3nccc23)c1C. The molecule has 0 radical (unpaired) electrons. The van der Waals surface area contributed by atoms with E-state index in [0.29, 0.717) is 16.1 Å². The van der Waals surface area contributed by atoms with Crippen molar-refractivity contribution in [1.82, 2.24) is 14.9 Å². The molecule has 2 heterocycles. The van der Waals surface area contributed by atoms with Crippen LogP contribution in [0.1, 0.15) is 34.1 Å². The van der Waals surface area contributed by atoms with Gasteiger partial charge in [0.25, 0.3) is 5.91 Å². The Kier molecular flexibility index (Phi) is 5.04. The van der Waals surface area contributed by atoms with Crippen molar-refractivity contribution in [2.45, 2.75) is 27.3 Å². The number of carbonyl (C=O) groups excluding carboxylic acids is 1. The number of hydrogen-bond donors (Lipinski definition) is 3. The third kappa shape index (κ3) is 3.32. The highest BCUT2D eigenvalue weighted by molar-refractivity contribution is 6.31. The lowest BCUT2D eigenvalue weighted by atomic mass is 10.1. The van der Waals surface area contributed by atoms with Crippen LogP contribution >= 0.6 is 11.6 Å². The summed E-state index contributed by atoms with van der Waals surface area (Å²) in [5, 5.41) is 21.1. The monoisotopic (exact) mass is 372 g/mol. The topological polar surface area (TPSA) is 78.7 Å². The number of nitrogens with zero attached hydrogens (tertiary/aromatic N) is 2. The summed E-state index contributed by atoms with van der Waals surface area (Å²) in [4.78, 5) is 12.7. The van der Waals surface area contributed by atoms with Gasteiger partial charge in [-0.2, -0.15) is 5.10 Å². The largest absolute Gasteiger partial charge is 0.507 e. The molecule has 2 aromatic heterocycles. The van der Waals surface area contributed by atoms with E-state index in [1.807, 2.05) is 26.8 Å². The van der Waals surface area contributed by atoms with Gasteiger partial charge in [0.05, 0.1) is 11.7 Å². The van der Waals surface area contributed by atoms with Gasteiger partial charge in [0.2, 0.25) is 0 Å². The van der Waals surface area contributed by atoms with Crippen molar-refractivity contribution in [2.75, 3.05) is 11.9 Å². The Hall–Kier alpha value is -2.73. The minimum absolute atomic E-state index is 0.131. The van der Waals surface area contributed by atoms with E-state index in [2.05, 4.69) is 15.7 Å². The smallest absolute Gasteiger partial charge is 0.251 e. The highest BCUT2D eigenvalue weighted by Crippen LogP contribution is 2.26. The molecular formula is C19H21ClN4O2. The minimum atomic E-state index is -0.248. The number of rotatable bonds is 5. The van der Waals surface area contributed by atoms with E-state index in [-0.39, 0.29) is 18.2 Å². The van der Waals surface area contributed by atoms with Gasteiger partial charge >= 0.3 is 0 Å². The molecule has 136 valence electrons. The molecule has 3 aromatic rings. The summed E-state index contributed by atoms with van der Waals surface area (Å²) in [5.74, 6) is -0.117. The number of halogens is 1. The second-order valence-electron chi connectivity index (χ2n) is 6.12. The number of aromatic nitrogens is 2. The van der Waals surface area contributed by atoms with E-state index in [1.165, 1.54) is 0 Å². The zero-order chi connectivity index (χ0) is 18.8. The van der Waals surface area contributed by atoms with Crippen LogP contribution in [0.2, 0.25) is 5.02 Å². The van der Waals surface area contributed by atoms with E-state index >= 15 is 0 Å². The molecule has 0 spiro atoms. The summed E-state index contributed by atoms with van der Waals surface area (Å²) in [6.45, 7) is 6.64. The molecule has 0 aliphatic carbocycles. The molecule has 0 fully saturated rings. The van der Waals surface area contributed by atoms with E-state index < -0.39 is 0 Å². The summed E-state index contributed by atoms with van der Waals surface area (Å²) in [6, 6.07) is 6.90. The summed E-state index contributed by atoms with van der Waals surface area (Å²) in [5.41, 5.74) is 4.37. The standard InChI is InChI=1S/C19H21ClN4O2/c1-4-21-16-9-13(20)8-14(12(16)3)19(26)22-10-15-17-5-6-23-24(17)11(2)7-18(15)25/h5-9,21,25H,4,10H2,1-3H3,(H,22,26). The number of anilines is 1. The molecule has 26 heavy (non-hydrogen) atoms. The molecule has 7 heteroatoms. The Morgan fingerprint density at radius 3 is 2.81 bits per heavy atom. The van der Waals surface area contributed by atoms with Crippen molar-refractivity contribution in [3.05, 3.63) is 57.9 Å². The van der Waals surface area contributed by atoms with Crippen molar-refractivity contribution in [1.29, 1.82) is 0 Å². The molecule has 1 aromatic carbocycles. The van der Waals surface area contributed by atoms with Gasteiger partial charge in [-0.15, -0.1) is 0 Å². The number of pyridine rings is 1. The van der Waals surface area contributed by atoms with E-state index in [1.54, 1.807) is 28.9 Å². The van der Waals surface area contributed by atoms with Crippen LogP contribution in [0.3, 0.4) is 0 Å². The van der Waals surface area contributed by atoms with Crippen molar-refractivity contribution < 1.29 is 9.90 Å². The number of nitrogens with one attached hydrogen (secondary N) is 2. The molecule has 0 aliphatic rings. The fourth-order valence-electron chi connectivity index (χ4n) is 3.02. The predicted octanol–water partition coefficient (Wildman–Crippen LogP) is 3.67. The van der Waals surface area contributed by atoms with Gasteiger partial charge in [0.1, 0.15) is 5.75 Å². The van der Waals surface area contributed by atoms with Crippen LogP contribution in [0.25, 0.3) is 5.52 Å². The van der Waals surface area contributed by atoms with Gasteiger partial charge in [0, 0.05) is 46.7 Å². The summed E-state index contributed by atoms with van der Waals surface area (Å²) in [7, 11) is 0. The first-order chi connectivity index (χ1) is 12.4. The Bertz CT molecular complexity index is 981. The number of aryl methyl sites for hydroxylation is 1. The van der Waals surface area contributed by atoms with Crippen LogP contribution in [0, 0.1) is 13.8 Å². The Balaban J connectivity index is 1.88. The van der Waals surface area contributed by atoms with E-state index in [4.69, 9.17) is 11.6 Å². The molecule has 0 bridgehead atoms. The summed E-state index contributed by atoms with van der Waals surface area (Å²) < 4.78 is 1.73. The second kappa shape index (κ2) is 7.25. The van der Waals surface area contributed by atoms with Crippen LogP contribution in [-0.4, -0.2) is 27.2 Å². The molecule has 0 unspecified atom stereocenters. The first-order valence-electron chi connectivity index (χ1n) is 8.39. The quantitative estimate of drug-likeness (QED) is 0.638. The fourth-order valence-corrected chi connectivity index (χ4v) is 3.24. The van der Waals surface area contributed by atoms with E-state index in [9.17, 15) is 9.90 Å². The van der Waals surface area contributed by atoms with Gasteiger partial charge in [-0.3, -0.25) is 4.79 Å². The number of carbonyl (C=O) groups is 1. The fraction of sp³-hybridized carbons (Fsp3) is 0.263. The molecule has 6 nitrogen and oxygen atoms in total. The highest BCUT2D eigenvalue weighted by Gasteiger charge is 2.16. The predicted molar refractivity (Wildman–Crippen MR) is 103 cm³/mol. The first-order valence-corrected chi connectivity index (χ1v) is 8.77. The third-order valence-electron chi connectivity index (χ3n) is 4.35. The molecule has 1 amide bonds. The van der Waals surface area contributed by atoms with Gasteiger partial charge in [-0.25, -0.2) is 4.52 Å². The maximum atomic E-state index is 12.7. The third-order valence-corrected chi connectivity index (χ3v) is 4.57. The molecule has 0 atom stereocenters. The molecule has 0 saturated carbocycles. The molecule has 0 aliphatic heterocycles. The summed E-state index contributed by atoms with van der Waals surface area (Å²) in [6.07, 6.45) is 1.66. The van der Waals surface area contributed by atoms with Crippen LogP contribution < -0.4 is 10.6 Å². The summed E-state index contributed by atoms with van der Waals surface area (Å²) >= 11 is 6.15. The number of aromatic hydroxyl groups is 1. The Labute approximate surface area is 156 Å². The Morgan fingerprint density at radius 1 is 1.31 bits per heavy atom. The molecule has 3 rings (SSSR count).